The number of nitrogens with one attached hydrogen (secondary N) is 1. The van der Waals surface area contributed by atoms with E-state index in [1.165, 1.54) is 11.3 Å². The second-order valence-electron chi connectivity index (χ2n) is 6.19. The van der Waals surface area contributed by atoms with E-state index < -0.39 is 0 Å². The molecule has 0 fully saturated rings. The summed E-state index contributed by atoms with van der Waals surface area (Å²) in [4.78, 5) is 17.1. The van der Waals surface area contributed by atoms with Gasteiger partial charge in [0.05, 0.1) is 17.4 Å². The number of hydrogen-bond acceptors (Lipinski definition) is 5. The summed E-state index contributed by atoms with van der Waals surface area (Å²) in [6.45, 7) is 4.47. The van der Waals surface area contributed by atoms with Crippen LogP contribution in [0.3, 0.4) is 0 Å². The third-order valence-corrected chi connectivity index (χ3v) is 5.60. The second kappa shape index (κ2) is 9.12. The Hall–Kier alpha value is -2.22. The van der Waals surface area contributed by atoms with Crippen molar-refractivity contribution in [3.05, 3.63) is 53.8 Å². The van der Waals surface area contributed by atoms with Gasteiger partial charge in [-0.05, 0) is 25.0 Å². The van der Waals surface area contributed by atoms with Crippen molar-refractivity contribution in [3.63, 3.8) is 0 Å². The lowest BCUT2D eigenvalue weighted by molar-refractivity contribution is 0.0891. The number of para-hydroxylation sites is 1. The van der Waals surface area contributed by atoms with Crippen LogP contribution in [0.25, 0.3) is 16.3 Å². The fourth-order valence-corrected chi connectivity index (χ4v) is 3.51. The van der Waals surface area contributed by atoms with Gasteiger partial charge in [0.25, 0.3) is 5.91 Å². The molecule has 2 aromatic heterocycles. The molecule has 0 bridgehead atoms. The summed E-state index contributed by atoms with van der Waals surface area (Å²) >= 11 is 1.43. The number of halogens is 1. The lowest BCUT2D eigenvalue weighted by Gasteiger charge is -2.31. The molecule has 1 amide bonds. The van der Waals surface area contributed by atoms with E-state index in [0.717, 1.165) is 29.1 Å². The molecule has 1 aromatic carbocycles. The van der Waals surface area contributed by atoms with Gasteiger partial charge in [-0.1, -0.05) is 32.0 Å². The maximum Gasteiger partial charge on any atom is 0.271 e. The van der Waals surface area contributed by atoms with Crippen LogP contribution in [0, 0.1) is 0 Å². The van der Waals surface area contributed by atoms with Crippen molar-refractivity contribution in [1.29, 1.82) is 0 Å². The third kappa shape index (κ3) is 4.55. The molecule has 0 unspecified atom stereocenters. The Bertz CT molecular complexity index is 865. The molecule has 0 atom stereocenters. The molecule has 0 aliphatic rings. The van der Waals surface area contributed by atoms with Crippen LogP contribution in [0.1, 0.15) is 37.2 Å². The van der Waals surface area contributed by atoms with E-state index in [-0.39, 0.29) is 23.9 Å². The van der Waals surface area contributed by atoms with Crippen molar-refractivity contribution in [2.24, 2.45) is 5.73 Å². The van der Waals surface area contributed by atoms with Crippen LogP contribution in [0.2, 0.25) is 0 Å². The predicted octanol–water partition coefficient (Wildman–Crippen LogP) is 3.66. The monoisotopic (exact) mass is 405 g/mol. The molecular weight excluding hydrogens is 382 g/mol. The number of carbonyl (C=O) groups is 1. The first kappa shape index (κ1) is 21.1. The lowest BCUT2D eigenvalue weighted by Crippen LogP contribution is -2.52. The topological polar surface area (TPSA) is 85.8 Å². The Kier molecular flexibility index (Phi) is 7.12. The first-order valence-corrected chi connectivity index (χ1v) is 9.57. The molecule has 0 aliphatic carbocycles. The minimum absolute atomic E-state index is 0. The van der Waals surface area contributed by atoms with Crippen LogP contribution in [-0.4, -0.2) is 32.8 Å². The Morgan fingerprint density at radius 3 is 2.59 bits per heavy atom. The van der Waals surface area contributed by atoms with Gasteiger partial charge in [0.1, 0.15) is 10.7 Å². The molecule has 0 saturated carbocycles. The number of rotatable bonds is 7. The van der Waals surface area contributed by atoms with Gasteiger partial charge in [0, 0.05) is 23.7 Å². The number of amides is 1. The fraction of sp³-hybridized carbons (Fsp3) is 0.316. The van der Waals surface area contributed by atoms with Crippen molar-refractivity contribution in [2.75, 3.05) is 6.54 Å². The van der Waals surface area contributed by atoms with Gasteiger partial charge in [0.15, 0.2) is 0 Å². The highest BCUT2D eigenvalue weighted by Gasteiger charge is 2.27. The van der Waals surface area contributed by atoms with E-state index in [1.807, 2.05) is 50.4 Å². The largest absolute Gasteiger partial charge is 0.344 e. The first-order valence-electron chi connectivity index (χ1n) is 8.69. The summed E-state index contributed by atoms with van der Waals surface area (Å²) in [5, 5.41) is 9.98. The molecule has 0 aliphatic heterocycles. The van der Waals surface area contributed by atoms with Crippen molar-refractivity contribution >= 4 is 29.7 Å². The average molecular weight is 406 g/mol. The number of thiazole rings is 1. The van der Waals surface area contributed by atoms with E-state index >= 15 is 0 Å². The molecule has 2 heterocycles. The summed E-state index contributed by atoms with van der Waals surface area (Å²) in [5.74, 6) is -0.183. The molecule has 144 valence electrons. The standard InChI is InChI=1S/C19H23N5OS.ClH/c1-3-19(4-2,13-20)23-17(25)16-12-26-18(22-16)14-10-21-24(11-14)15-8-6-5-7-9-15;/h5-12H,3-4,13,20H2,1-2H3,(H,23,25);1H. The normalized spacial score (nSPS) is 11.1. The molecule has 8 heteroatoms. The zero-order chi connectivity index (χ0) is 18.6. The molecule has 0 saturated heterocycles. The van der Waals surface area contributed by atoms with Crippen LogP contribution in [0.15, 0.2) is 48.1 Å². The number of aromatic nitrogens is 3. The minimum Gasteiger partial charge on any atom is -0.344 e. The van der Waals surface area contributed by atoms with E-state index in [4.69, 9.17) is 5.73 Å². The Morgan fingerprint density at radius 1 is 1.26 bits per heavy atom. The van der Waals surface area contributed by atoms with E-state index in [1.54, 1.807) is 16.3 Å². The predicted molar refractivity (Wildman–Crippen MR) is 112 cm³/mol. The zero-order valence-electron chi connectivity index (χ0n) is 15.4. The van der Waals surface area contributed by atoms with Crippen LogP contribution in [0.4, 0.5) is 0 Å². The molecular formula is C19H24ClN5OS. The summed E-state index contributed by atoms with van der Waals surface area (Å²) in [6.07, 6.45) is 5.24. The quantitative estimate of drug-likeness (QED) is 0.628. The number of carbonyl (C=O) groups excluding carboxylic acids is 1. The van der Waals surface area contributed by atoms with Gasteiger partial charge < -0.3 is 11.1 Å². The molecule has 27 heavy (non-hydrogen) atoms. The molecule has 0 spiro atoms. The molecule has 6 nitrogen and oxygen atoms in total. The third-order valence-electron chi connectivity index (χ3n) is 4.71. The SMILES string of the molecule is CCC(CC)(CN)NC(=O)c1csc(-c2cnn(-c3ccccc3)c2)n1.Cl. The van der Waals surface area contributed by atoms with E-state index in [9.17, 15) is 4.79 Å². The van der Waals surface area contributed by atoms with Gasteiger partial charge >= 0.3 is 0 Å². The molecule has 3 aromatic rings. The maximum atomic E-state index is 12.6. The van der Waals surface area contributed by atoms with Crippen molar-refractivity contribution < 1.29 is 4.79 Å². The summed E-state index contributed by atoms with van der Waals surface area (Å²) in [5.41, 5.74) is 7.77. The van der Waals surface area contributed by atoms with E-state index in [0.29, 0.717) is 12.2 Å². The number of hydrogen-bond donors (Lipinski definition) is 2. The first-order chi connectivity index (χ1) is 12.6. The van der Waals surface area contributed by atoms with Crippen LogP contribution < -0.4 is 11.1 Å². The molecule has 3 rings (SSSR count). The highest BCUT2D eigenvalue weighted by Crippen LogP contribution is 2.25. The average Bonchev–Trinajstić information content (AvgIpc) is 3.36. The number of nitrogens with zero attached hydrogens (tertiary/aromatic N) is 3. The summed E-state index contributed by atoms with van der Waals surface area (Å²) in [7, 11) is 0. The Labute approximate surface area is 169 Å². The molecule has 3 N–H and O–H groups in total. The maximum absolute atomic E-state index is 12.6. The van der Waals surface area contributed by atoms with Gasteiger partial charge in [-0.2, -0.15) is 5.10 Å². The van der Waals surface area contributed by atoms with Gasteiger partial charge in [-0.25, -0.2) is 9.67 Å². The lowest BCUT2D eigenvalue weighted by atomic mass is 9.93. The number of benzene rings is 1. The summed E-state index contributed by atoms with van der Waals surface area (Å²) in [6, 6.07) is 9.87. The fourth-order valence-electron chi connectivity index (χ4n) is 2.74. The summed E-state index contributed by atoms with van der Waals surface area (Å²) < 4.78 is 1.80. The van der Waals surface area contributed by atoms with Crippen LogP contribution in [-0.2, 0) is 0 Å². The minimum atomic E-state index is -0.376. The van der Waals surface area contributed by atoms with Crippen molar-refractivity contribution in [2.45, 2.75) is 32.2 Å². The molecule has 0 radical (unpaired) electrons. The highest BCUT2D eigenvalue weighted by molar-refractivity contribution is 7.13. The van der Waals surface area contributed by atoms with Gasteiger partial charge in [-0.15, -0.1) is 23.7 Å². The number of nitrogens with two attached hydrogens (primary N) is 1. The second-order valence-corrected chi connectivity index (χ2v) is 7.05. The van der Waals surface area contributed by atoms with Crippen molar-refractivity contribution in [1.82, 2.24) is 20.1 Å². The smallest absolute Gasteiger partial charge is 0.271 e. The van der Waals surface area contributed by atoms with Gasteiger partial charge in [-0.3, -0.25) is 4.79 Å². The highest BCUT2D eigenvalue weighted by atomic mass is 35.5. The van der Waals surface area contributed by atoms with Gasteiger partial charge in [0.2, 0.25) is 0 Å². The van der Waals surface area contributed by atoms with Crippen LogP contribution in [0.5, 0.6) is 0 Å². The zero-order valence-corrected chi connectivity index (χ0v) is 17.0. The van der Waals surface area contributed by atoms with Crippen LogP contribution >= 0.6 is 23.7 Å². The Morgan fingerprint density at radius 2 is 1.96 bits per heavy atom. The van der Waals surface area contributed by atoms with E-state index in [2.05, 4.69) is 15.4 Å². The van der Waals surface area contributed by atoms with Crippen molar-refractivity contribution in [3.8, 4) is 16.3 Å². The Balaban J connectivity index is 0.00000261.